The highest BCUT2D eigenvalue weighted by Crippen LogP contribution is 2.26. The number of carbonyl (C=O) groups is 1. The molecule has 1 aromatic carbocycles. The molecular weight excluding hydrogens is 267 g/mol. The highest BCUT2D eigenvalue weighted by Gasteiger charge is 2.33. The number of nitrogens with zero attached hydrogens (tertiary/aromatic N) is 4. The molecule has 7 nitrogen and oxygen atoms in total. The van der Waals surface area contributed by atoms with Crippen molar-refractivity contribution >= 4 is 11.8 Å². The summed E-state index contributed by atoms with van der Waals surface area (Å²) in [5, 5.41) is 16.6. The van der Waals surface area contributed by atoms with Crippen molar-refractivity contribution in [1.82, 2.24) is 15.0 Å². The summed E-state index contributed by atoms with van der Waals surface area (Å²) in [5.41, 5.74) is 0.339. The van der Waals surface area contributed by atoms with Crippen LogP contribution >= 0.6 is 0 Å². The van der Waals surface area contributed by atoms with Crippen LogP contribution in [-0.2, 0) is 11.3 Å². The average Bonchev–Trinajstić information content (AvgIpc) is 3.03. The summed E-state index contributed by atoms with van der Waals surface area (Å²) in [6, 6.07) is 3.74. The van der Waals surface area contributed by atoms with E-state index in [2.05, 4.69) is 10.3 Å². The van der Waals surface area contributed by atoms with E-state index >= 15 is 0 Å². The van der Waals surface area contributed by atoms with Gasteiger partial charge >= 0.3 is 6.09 Å². The minimum atomic E-state index is -0.782. The lowest BCUT2D eigenvalue weighted by Gasteiger charge is -2.13. The van der Waals surface area contributed by atoms with E-state index in [-0.39, 0.29) is 12.6 Å². The third kappa shape index (κ3) is 2.27. The molecule has 1 N–H and O–H groups in total. The molecule has 1 amide bonds. The van der Waals surface area contributed by atoms with Crippen LogP contribution in [0.3, 0.4) is 0 Å². The van der Waals surface area contributed by atoms with Crippen molar-refractivity contribution in [3.63, 3.8) is 0 Å². The Hall–Kier alpha value is -2.64. The number of hydrogen-bond acceptors (Lipinski definition) is 5. The van der Waals surface area contributed by atoms with Gasteiger partial charge in [0, 0.05) is 12.3 Å². The van der Waals surface area contributed by atoms with Gasteiger partial charge in [-0.1, -0.05) is 5.21 Å². The second-order valence-corrected chi connectivity index (χ2v) is 4.38. The van der Waals surface area contributed by atoms with Crippen molar-refractivity contribution < 1.29 is 19.0 Å². The maximum Gasteiger partial charge on any atom is 0.414 e. The number of aromatic nitrogens is 3. The Morgan fingerprint density at radius 1 is 1.50 bits per heavy atom. The number of carbonyl (C=O) groups excluding carboxylic acids is 1. The van der Waals surface area contributed by atoms with Crippen molar-refractivity contribution in [3.05, 3.63) is 36.4 Å². The molecule has 20 heavy (non-hydrogen) atoms. The predicted molar refractivity (Wildman–Crippen MR) is 65.7 cm³/mol. The fraction of sp³-hybridized carbons (Fsp3) is 0.250. The van der Waals surface area contributed by atoms with Gasteiger partial charge in [0.05, 0.1) is 25.0 Å². The van der Waals surface area contributed by atoms with Gasteiger partial charge in [-0.3, -0.25) is 4.90 Å². The number of halogens is 1. The highest BCUT2D eigenvalue weighted by atomic mass is 19.1. The average molecular weight is 278 g/mol. The minimum Gasteiger partial charge on any atom is -0.505 e. The molecule has 0 unspecified atom stereocenters. The fourth-order valence-electron chi connectivity index (χ4n) is 2.03. The van der Waals surface area contributed by atoms with Crippen LogP contribution in [0.25, 0.3) is 0 Å². The van der Waals surface area contributed by atoms with Gasteiger partial charge in [0.25, 0.3) is 0 Å². The summed E-state index contributed by atoms with van der Waals surface area (Å²) in [5.74, 6) is -1.24. The van der Waals surface area contributed by atoms with Crippen molar-refractivity contribution in [2.24, 2.45) is 0 Å². The molecule has 2 heterocycles. The Labute approximate surface area is 113 Å². The molecule has 0 spiro atoms. The van der Waals surface area contributed by atoms with E-state index < -0.39 is 17.7 Å². The second-order valence-electron chi connectivity index (χ2n) is 4.38. The van der Waals surface area contributed by atoms with E-state index in [0.29, 0.717) is 12.2 Å². The Morgan fingerprint density at radius 3 is 3.05 bits per heavy atom. The smallest absolute Gasteiger partial charge is 0.414 e. The maximum atomic E-state index is 13.3. The summed E-state index contributed by atoms with van der Waals surface area (Å²) in [6.07, 6.45) is 2.25. The zero-order valence-electron chi connectivity index (χ0n) is 10.3. The van der Waals surface area contributed by atoms with E-state index in [1.54, 1.807) is 10.9 Å². The van der Waals surface area contributed by atoms with E-state index in [1.807, 2.05) is 0 Å². The Balaban J connectivity index is 1.75. The maximum absolute atomic E-state index is 13.3. The molecule has 0 aliphatic carbocycles. The van der Waals surface area contributed by atoms with Gasteiger partial charge in [0.2, 0.25) is 0 Å². The summed E-state index contributed by atoms with van der Waals surface area (Å²) in [4.78, 5) is 13.1. The number of phenolic OH excluding ortho intramolecular Hbond substituents is 1. The van der Waals surface area contributed by atoms with Crippen LogP contribution in [0.4, 0.5) is 14.9 Å². The zero-order chi connectivity index (χ0) is 14.1. The summed E-state index contributed by atoms with van der Waals surface area (Å²) in [7, 11) is 0. The molecule has 1 aromatic heterocycles. The standard InChI is InChI=1S/C12H11FN4O3/c13-10-5-8(1-2-11(10)18)17-7-9(20-12(17)19)6-16-4-3-14-15-16/h1-5,9,18H,6-7H2/t9-/m0/s1. The number of amides is 1. The van der Waals surface area contributed by atoms with E-state index in [9.17, 15) is 9.18 Å². The van der Waals surface area contributed by atoms with Crippen LogP contribution in [0, 0.1) is 5.82 Å². The summed E-state index contributed by atoms with van der Waals surface area (Å²) < 4.78 is 20.1. The third-order valence-corrected chi connectivity index (χ3v) is 2.98. The van der Waals surface area contributed by atoms with Crippen LogP contribution in [0.15, 0.2) is 30.6 Å². The van der Waals surface area contributed by atoms with Crippen molar-refractivity contribution in [2.45, 2.75) is 12.6 Å². The minimum absolute atomic E-state index is 0.281. The molecule has 0 radical (unpaired) electrons. The topological polar surface area (TPSA) is 80.5 Å². The Bertz CT molecular complexity index is 632. The summed E-state index contributed by atoms with van der Waals surface area (Å²) >= 11 is 0. The van der Waals surface area contributed by atoms with Gasteiger partial charge < -0.3 is 9.84 Å². The number of ether oxygens (including phenoxy) is 1. The van der Waals surface area contributed by atoms with Gasteiger partial charge in [-0.05, 0) is 12.1 Å². The van der Waals surface area contributed by atoms with Crippen LogP contribution in [0.1, 0.15) is 0 Å². The van der Waals surface area contributed by atoms with Crippen molar-refractivity contribution in [2.75, 3.05) is 11.4 Å². The van der Waals surface area contributed by atoms with Gasteiger partial charge in [-0.25, -0.2) is 13.9 Å². The molecule has 1 atom stereocenters. The number of benzene rings is 1. The van der Waals surface area contributed by atoms with Crippen LogP contribution in [0.2, 0.25) is 0 Å². The highest BCUT2D eigenvalue weighted by molar-refractivity contribution is 5.89. The molecule has 1 aliphatic rings. The van der Waals surface area contributed by atoms with Gasteiger partial charge in [-0.2, -0.15) is 0 Å². The molecule has 0 bridgehead atoms. The number of anilines is 1. The van der Waals surface area contributed by atoms with Crippen molar-refractivity contribution in [1.29, 1.82) is 0 Å². The number of phenols is 1. The first-order valence-corrected chi connectivity index (χ1v) is 5.94. The first kappa shape index (κ1) is 12.4. The number of rotatable bonds is 3. The normalized spacial score (nSPS) is 18.4. The molecule has 1 saturated heterocycles. The summed E-state index contributed by atoms with van der Waals surface area (Å²) in [6.45, 7) is 0.658. The SMILES string of the molecule is O=C1O[C@@H](Cn2ccnn2)CN1c1ccc(O)c(F)c1. The number of cyclic esters (lactones) is 1. The largest absolute Gasteiger partial charge is 0.505 e. The number of hydrogen-bond donors (Lipinski definition) is 1. The van der Waals surface area contributed by atoms with Crippen molar-refractivity contribution in [3.8, 4) is 5.75 Å². The molecular formula is C12H11FN4O3. The van der Waals surface area contributed by atoms with E-state index in [1.165, 1.54) is 23.2 Å². The molecule has 0 saturated carbocycles. The Kier molecular flexibility index (Phi) is 2.97. The molecule has 8 heteroatoms. The van der Waals surface area contributed by atoms with E-state index in [0.717, 1.165) is 6.07 Å². The van der Waals surface area contributed by atoms with E-state index in [4.69, 9.17) is 9.84 Å². The Morgan fingerprint density at radius 2 is 2.35 bits per heavy atom. The monoisotopic (exact) mass is 278 g/mol. The first-order valence-electron chi connectivity index (χ1n) is 5.94. The van der Waals surface area contributed by atoms with Gasteiger partial charge in [0.1, 0.15) is 6.10 Å². The molecule has 1 aliphatic heterocycles. The molecule has 1 fully saturated rings. The zero-order valence-corrected chi connectivity index (χ0v) is 10.3. The quantitative estimate of drug-likeness (QED) is 0.910. The lowest BCUT2D eigenvalue weighted by atomic mass is 10.2. The molecule has 2 aromatic rings. The van der Waals surface area contributed by atoms with Gasteiger partial charge in [-0.15, -0.1) is 5.10 Å². The first-order chi connectivity index (χ1) is 9.63. The van der Waals surface area contributed by atoms with Gasteiger partial charge in [0.15, 0.2) is 11.6 Å². The molecule has 3 rings (SSSR count). The second kappa shape index (κ2) is 4.80. The third-order valence-electron chi connectivity index (χ3n) is 2.98. The van der Waals surface area contributed by atoms with Crippen LogP contribution < -0.4 is 4.90 Å². The van der Waals surface area contributed by atoms with Crippen LogP contribution in [-0.4, -0.2) is 38.8 Å². The number of aromatic hydroxyl groups is 1. The predicted octanol–water partition coefficient (Wildman–Crippen LogP) is 1.15. The van der Waals surface area contributed by atoms with Crippen LogP contribution in [0.5, 0.6) is 5.75 Å². The lowest BCUT2D eigenvalue weighted by molar-refractivity contribution is 0.129. The molecule has 104 valence electrons. The fourth-order valence-corrected chi connectivity index (χ4v) is 2.03. The lowest BCUT2D eigenvalue weighted by Crippen LogP contribution is -2.26.